The van der Waals surface area contributed by atoms with Crippen molar-refractivity contribution in [2.45, 2.75) is 37.0 Å². The van der Waals surface area contributed by atoms with E-state index in [2.05, 4.69) is 10.8 Å². The highest BCUT2D eigenvalue weighted by atomic mass is 35.5. The highest BCUT2D eigenvalue weighted by Gasteiger charge is 2.15. The summed E-state index contributed by atoms with van der Waals surface area (Å²) < 4.78 is 26.8. The Bertz CT molecular complexity index is 612. The predicted molar refractivity (Wildman–Crippen MR) is 82.2 cm³/mol. The molecule has 1 aliphatic rings. The minimum atomic E-state index is -3.52. The van der Waals surface area contributed by atoms with Gasteiger partial charge in [-0.25, -0.2) is 13.1 Å². The van der Waals surface area contributed by atoms with Crippen LogP contribution in [0.2, 0.25) is 5.02 Å². The molecule has 0 bridgehead atoms. The molecule has 0 aromatic heterocycles. The number of hydrogen-bond donors (Lipinski definition) is 2. The van der Waals surface area contributed by atoms with Gasteiger partial charge in [0.05, 0.1) is 15.6 Å². The summed E-state index contributed by atoms with van der Waals surface area (Å²) in [5.41, 5.74) is 7.29. The van der Waals surface area contributed by atoms with E-state index in [-0.39, 0.29) is 9.92 Å². The summed E-state index contributed by atoms with van der Waals surface area (Å²) in [5, 5.41) is 0.253. The highest BCUT2D eigenvalue weighted by molar-refractivity contribution is 7.89. The van der Waals surface area contributed by atoms with Gasteiger partial charge in [0.1, 0.15) is 0 Å². The lowest BCUT2D eigenvalue weighted by atomic mass is 9.97. The normalized spacial score (nSPS) is 15.9. The molecule has 0 saturated carbocycles. The Morgan fingerprint density at radius 1 is 1.30 bits per heavy atom. The monoisotopic (exact) mass is 314 g/mol. The molecular formula is C14H19ClN2O2S. The van der Waals surface area contributed by atoms with Crippen molar-refractivity contribution < 1.29 is 8.42 Å². The zero-order chi connectivity index (χ0) is 14.6. The molecule has 20 heavy (non-hydrogen) atoms. The first-order valence-corrected chi connectivity index (χ1v) is 8.58. The van der Waals surface area contributed by atoms with Crippen LogP contribution in [0.25, 0.3) is 0 Å². The summed E-state index contributed by atoms with van der Waals surface area (Å²) in [6.07, 6.45) is 7.61. The summed E-state index contributed by atoms with van der Waals surface area (Å²) >= 11 is 5.85. The maximum atomic E-state index is 12.1. The van der Waals surface area contributed by atoms with E-state index in [1.54, 1.807) is 0 Å². The molecule has 0 saturated heterocycles. The summed E-state index contributed by atoms with van der Waals surface area (Å²) in [5.74, 6) is 0. The van der Waals surface area contributed by atoms with Gasteiger partial charge in [0, 0.05) is 6.54 Å². The fraction of sp³-hybridized carbons (Fsp3) is 0.429. The van der Waals surface area contributed by atoms with Crippen molar-refractivity contribution >= 4 is 27.3 Å². The summed E-state index contributed by atoms with van der Waals surface area (Å²) in [6, 6.07) is 4.34. The molecule has 1 aliphatic carbocycles. The maximum absolute atomic E-state index is 12.1. The molecule has 2 rings (SSSR count). The van der Waals surface area contributed by atoms with E-state index < -0.39 is 10.0 Å². The molecule has 1 aromatic carbocycles. The van der Waals surface area contributed by atoms with Crippen molar-refractivity contribution in [1.29, 1.82) is 0 Å². The largest absolute Gasteiger partial charge is 0.398 e. The molecule has 4 nitrogen and oxygen atoms in total. The van der Waals surface area contributed by atoms with E-state index in [9.17, 15) is 8.42 Å². The van der Waals surface area contributed by atoms with Crippen LogP contribution >= 0.6 is 11.6 Å². The van der Waals surface area contributed by atoms with Crippen molar-refractivity contribution in [3.63, 3.8) is 0 Å². The first kappa shape index (κ1) is 15.4. The number of allylic oxidation sites excluding steroid dienone is 1. The summed E-state index contributed by atoms with van der Waals surface area (Å²) in [4.78, 5) is 0.148. The van der Waals surface area contributed by atoms with Crippen molar-refractivity contribution in [2.75, 3.05) is 12.3 Å². The van der Waals surface area contributed by atoms with Crippen LogP contribution in [-0.2, 0) is 10.0 Å². The average molecular weight is 315 g/mol. The quantitative estimate of drug-likeness (QED) is 0.648. The second-order valence-corrected chi connectivity index (χ2v) is 7.11. The van der Waals surface area contributed by atoms with Gasteiger partial charge in [0.15, 0.2) is 0 Å². The van der Waals surface area contributed by atoms with E-state index in [0.29, 0.717) is 12.2 Å². The van der Waals surface area contributed by atoms with E-state index in [1.165, 1.54) is 36.6 Å². The number of anilines is 1. The van der Waals surface area contributed by atoms with Crippen molar-refractivity contribution in [1.82, 2.24) is 4.72 Å². The van der Waals surface area contributed by atoms with Gasteiger partial charge in [-0.15, -0.1) is 0 Å². The number of hydrogen-bond acceptors (Lipinski definition) is 3. The van der Waals surface area contributed by atoms with Crippen molar-refractivity contribution in [2.24, 2.45) is 0 Å². The SMILES string of the molecule is Nc1ccc(S(=O)(=O)NCCC2=CCCCC2)cc1Cl. The van der Waals surface area contributed by atoms with Crippen LogP contribution < -0.4 is 10.5 Å². The Balaban J connectivity index is 1.96. The molecule has 0 aliphatic heterocycles. The van der Waals surface area contributed by atoms with Crippen LogP contribution in [-0.4, -0.2) is 15.0 Å². The predicted octanol–water partition coefficient (Wildman–Crippen LogP) is 3.09. The smallest absolute Gasteiger partial charge is 0.240 e. The number of nitrogen functional groups attached to an aromatic ring is 1. The van der Waals surface area contributed by atoms with Crippen molar-refractivity contribution in [3.05, 3.63) is 34.9 Å². The first-order chi connectivity index (χ1) is 9.49. The zero-order valence-electron chi connectivity index (χ0n) is 11.2. The Hall–Kier alpha value is -1.04. The van der Waals surface area contributed by atoms with Crippen LogP contribution in [0, 0.1) is 0 Å². The van der Waals surface area contributed by atoms with E-state index in [4.69, 9.17) is 17.3 Å². The van der Waals surface area contributed by atoms with Crippen LogP contribution in [0.1, 0.15) is 32.1 Å². The third-order valence-electron chi connectivity index (χ3n) is 3.41. The van der Waals surface area contributed by atoms with Gasteiger partial charge in [-0.1, -0.05) is 23.3 Å². The van der Waals surface area contributed by atoms with Crippen LogP contribution in [0.3, 0.4) is 0 Å². The fourth-order valence-electron chi connectivity index (χ4n) is 2.24. The van der Waals surface area contributed by atoms with Crippen LogP contribution in [0.4, 0.5) is 5.69 Å². The second-order valence-electron chi connectivity index (χ2n) is 4.94. The van der Waals surface area contributed by atoms with Gasteiger partial charge in [-0.2, -0.15) is 0 Å². The molecular weight excluding hydrogens is 296 g/mol. The third kappa shape index (κ3) is 3.98. The molecule has 0 radical (unpaired) electrons. The Labute approximate surface area is 125 Å². The topological polar surface area (TPSA) is 72.2 Å². The molecule has 0 spiro atoms. The molecule has 0 fully saturated rings. The summed E-state index contributed by atoms with van der Waals surface area (Å²) in [6.45, 7) is 0.413. The Morgan fingerprint density at radius 3 is 2.75 bits per heavy atom. The number of rotatable bonds is 5. The number of benzene rings is 1. The Morgan fingerprint density at radius 2 is 2.10 bits per heavy atom. The summed E-state index contributed by atoms with van der Waals surface area (Å²) in [7, 11) is -3.52. The molecule has 110 valence electrons. The van der Waals surface area contributed by atoms with E-state index in [0.717, 1.165) is 19.3 Å². The van der Waals surface area contributed by atoms with Gasteiger partial charge in [0.2, 0.25) is 10.0 Å². The van der Waals surface area contributed by atoms with Gasteiger partial charge in [-0.3, -0.25) is 0 Å². The Kier molecular flexibility index (Phi) is 5.07. The van der Waals surface area contributed by atoms with Gasteiger partial charge >= 0.3 is 0 Å². The standard InChI is InChI=1S/C14H19ClN2O2S/c15-13-10-12(6-7-14(13)16)20(18,19)17-9-8-11-4-2-1-3-5-11/h4,6-7,10,17H,1-3,5,8-9,16H2. The molecule has 0 atom stereocenters. The van der Waals surface area contributed by atoms with E-state index >= 15 is 0 Å². The fourth-order valence-corrected chi connectivity index (χ4v) is 3.54. The molecule has 3 N–H and O–H groups in total. The maximum Gasteiger partial charge on any atom is 0.240 e. The molecule has 0 heterocycles. The lowest BCUT2D eigenvalue weighted by Gasteiger charge is -2.13. The minimum Gasteiger partial charge on any atom is -0.398 e. The first-order valence-electron chi connectivity index (χ1n) is 6.71. The third-order valence-corrected chi connectivity index (χ3v) is 5.19. The van der Waals surface area contributed by atoms with Crippen LogP contribution in [0.15, 0.2) is 34.7 Å². The van der Waals surface area contributed by atoms with Crippen molar-refractivity contribution in [3.8, 4) is 0 Å². The minimum absolute atomic E-state index is 0.148. The molecule has 0 unspecified atom stereocenters. The zero-order valence-corrected chi connectivity index (χ0v) is 12.8. The second kappa shape index (κ2) is 6.61. The number of halogens is 1. The average Bonchev–Trinajstić information content (AvgIpc) is 2.43. The number of sulfonamides is 1. The molecule has 6 heteroatoms. The lowest BCUT2D eigenvalue weighted by molar-refractivity contribution is 0.579. The lowest BCUT2D eigenvalue weighted by Crippen LogP contribution is -2.25. The number of nitrogens with two attached hydrogens (primary N) is 1. The molecule has 1 aromatic rings. The van der Waals surface area contributed by atoms with Gasteiger partial charge in [0.25, 0.3) is 0 Å². The van der Waals surface area contributed by atoms with Gasteiger partial charge in [-0.05, 0) is 50.3 Å². The van der Waals surface area contributed by atoms with Crippen LogP contribution in [0.5, 0.6) is 0 Å². The highest BCUT2D eigenvalue weighted by Crippen LogP contribution is 2.23. The van der Waals surface area contributed by atoms with Gasteiger partial charge < -0.3 is 5.73 Å². The number of nitrogens with one attached hydrogen (secondary N) is 1. The molecule has 0 amide bonds. The van der Waals surface area contributed by atoms with E-state index in [1.807, 2.05) is 0 Å².